The molecule has 1 unspecified atom stereocenters. The standard InChI is InChI=1S/C25H18Cl2N2O4/c1-2-10-32-17-5-3-4-14(11-17)22-21-23(30)18-12-15(26)6-8-19(18)33-24(21)25(31)29(22)20-9-7-16(27)13-28-20/h3-9,11-13,22H,2,10H2,1H3. The van der Waals surface area contributed by atoms with Gasteiger partial charge in [0.25, 0.3) is 5.91 Å². The fraction of sp³-hybridized carbons (Fsp3) is 0.160. The first-order valence-electron chi connectivity index (χ1n) is 10.4. The molecule has 0 saturated carbocycles. The second kappa shape index (κ2) is 8.54. The van der Waals surface area contributed by atoms with Gasteiger partial charge < -0.3 is 9.15 Å². The number of hydrogen-bond donors (Lipinski definition) is 0. The molecule has 1 atom stereocenters. The van der Waals surface area contributed by atoms with E-state index in [1.807, 2.05) is 31.2 Å². The molecule has 4 aromatic rings. The molecule has 0 saturated heterocycles. The lowest BCUT2D eigenvalue weighted by atomic mass is 9.98. The summed E-state index contributed by atoms with van der Waals surface area (Å²) in [7, 11) is 0. The van der Waals surface area contributed by atoms with Gasteiger partial charge in [0, 0.05) is 11.2 Å². The molecule has 3 heterocycles. The summed E-state index contributed by atoms with van der Waals surface area (Å²) in [5, 5.41) is 1.15. The molecule has 0 fully saturated rings. The van der Waals surface area contributed by atoms with E-state index in [1.54, 1.807) is 30.3 Å². The number of rotatable bonds is 5. The average molecular weight is 481 g/mol. The quantitative estimate of drug-likeness (QED) is 0.348. The number of halogens is 2. The van der Waals surface area contributed by atoms with Crippen LogP contribution in [0.15, 0.2) is 70.0 Å². The van der Waals surface area contributed by atoms with E-state index in [-0.39, 0.29) is 16.8 Å². The third-order valence-corrected chi connectivity index (χ3v) is 5.90. The van der Waals surface area contributed by atoms with Crippen LogP contribution in [0.4, 0.5) is 5.82 Å². The lowest BCUT2D eigenvalue weighted by molar-refractivity contribution is 0.0970. The molecule has 8 heteroatoms. The SMILES string of the molecule is CCCOc1cccc(C2c3c(oc4ccc(Cl)cc4c3=O)C(=O)N2c2ccc(Cl)cn2)c1. The van der Waals surface area contributed by atoms with Crippen molar-refractivity contribution < 1.29 is 13.9 Å². The van der Waals surface area contributed by atoms with Crippen molar-refractivity contribution in [2.75, 3.05) is 11.5 Å². The Morgan fingerprint density at radius 1 is 1.06 bits per heavy atom. The van der Waals surface area contributed by atoms with Crippen LogP contribution in [0.25, 0.3) is 11.0 Å². The van der Waals surface area contributed by atoms with Crippen molar-refractivity contribution in [3.63, 3.8) is 0 Å². The van der Waals surface area contributed by atoms with Crippen molar-refractivity contribution in [3.05, 3.63) is 97.9 Å². The fourth-order valence-electron chi connectivity index (χ4n) is 4.00. The number of amides is 1. The molecule has 0 aliphatic carbocycles. The van der Waals surface area contributed by atoms with Crippen LogP contribution in [0.1, 0.15) is 41.1 Å². The van der Waals surface area contributed by atoms with E-state index >= 15 is 0 Å². The normalized spacial score (nSPS) is 15.2. The summed E-state index contributed by atoms with van der Waals surface area (Å²) in [5.41, 5.74) is 0.907. The van der Waals surface area contributed by atoms with Crippen molar-refractivity contribution in [2.24, 2.45) is 0 Å². The average Bonchev–Trinajstić information content (AvgIpc) is 3.11. The first-order valence-corrected chi connectivity index (χ1v) is 11.2. The Morgan fingerprint density at radius 2 is 1.88 bits per heavy atom. The molecule has 0 N–H and O–H groups in total. The Kier molecular flexibility index (Phi) is 5.56. The first-order chi connectivity index (χ1) is 16.0. The summed E-state index contributed by atoms with van der Waals surface area (Å²) >= 11 is 12.1. The zero-order chi connectivity index (χ0) is 23.1. The van der Waals surface area contributed by atoms with Crippen LogP contribution in [0, 0.1) is 0 Å². The number of nitrogens with zero attached hydrogens (tertiary/aromatic N) is 2. The topological polar surface area (TPSA) is 72.6 Å². The monoisotopic (exact) mass is 480 g/mol. The lowest BCUT2D eigenvalue weighted by Crippen LogP contribution is -2.30. The number of ether oxygens (including phenoxy) is 1. The van der Waals surface area contributed by atoms with E-state index in [9.17, 15) is 9.59 Å². The second-order valence-electron chi connectivity index (χ2n) is 7.65. The Labute approximate surface area is 199 Å². The molecular weight excluding hydrogens is 463 g/mol. The maximum Gasteiger partial charge on any atom is 0.296 e. The minimum atomic E-state index is -0.758. The highest BCUT2D eigenvalue weighted by Crippen LogP contribution is 2.41. The molecule has 1 amide bonds. The summed E-state index contributed by atoms with van der Waals surface area (Å²) in [5.74, 6) is 0.518. The van der Waals surface area contributed by atoms with Gasteiger partial charge in [-0.05, 0) is 54.4 Å². The molecular formula is C25H18Cl2N2O4. The Hall–Kier alpha value is -3.35. The van der Waals surface area contributed by atoms with E-state index < -0.39 is 11.9 Å². The van der Waals surface area contributed by atoms with E-state index in [0.29, 0.717) is 44.8 Å². The van der Waals surface area contributed by atoms with Gasteiger partial charge in [-0.1, -0.05) is 42.3 Å². The molecule has 2 aromatic heterocycles. The first kappa shape index (κ1) is 21.5. The minimum Gasteiger partial charge on any atom is -0.494 e. The molecule has 166 valence electrons. The van der Waals surface area contributed by atoms with Crippen LogP contribution in [-0.2, 0) is 0 Å². The van der Waals surface area contributed by atoms with Gasteiger partial charge in [-0.3, -0.25) is 14.5 Å². The van der Waals surface area contributed by atoms with Crippen LogP contribution in [0.5, 0.6) is 5.75 Å². The highest BCUT2D eigenvalue weighted by atomic mass is 35.5. The molecule has 6 nitrogen and oxygen atoms in total. The van der Waals surface area contributed by atoms with Crippen LogP contribution < -0.4 is 15.1 Å². The van der Waals surface area contributed by atoms with Gasteiger partial charge in [0.05, 0.1) is 28.6 Å². The van der Waals surface area contributed by atoms with Crippen molar-refractivity contribution >= 4 is 45.9 Å². The summed E-state index contributed by atoms with van der Waals surface area (Å²) in [6.45, 7) is 2.57. The van der Waals surface area contributed by atoms with E-state index in [1.165, 1.54) is 11.1 Å². The van der Waals surface area contributed by atoms with Crippen LogP contribution in [0.2, 0.25) is 10.0 Å². The minimum absolute atomic E-state index is 0.0172. The maximum absolute atomic E-state index is 13.6. The zero-order valence-electron chi connectivity index (χ0n) is 17.5. The Balaban J connectivity index is 1.76. The molecule has 2 aromatic carbocycles. The van der Waals surface area contributed by atoms with Crippen molar-refractivity contribution in [2.45, 2.75) is 19.4 Å². The van der Waals surface area contributed by atoms with E-state index in [0.717, 1.165) is 6.42 Å². The Morgan fingerprint density at radius 3 is 2.64 bits per heavy atom. The highest BCUT2D eigenvalue weighted by Gasteiger charge is 2.44. The predicted octanol–water partition coefficient (Wildman–Crippen LogP) is 6.03. The molecule has 1 aliphatic heterocycles. The number of hydrogen-bond acceptors (Lipinski definition) is 5. The summed E-state index contributed by atoms with van der Waals surface area (Å²) in [6, 6.07) is 14.6. The molecule has 0 spiro atoms. The van der Waals surface area contributed by atoms with Gasteiger partial charge in [0.1, 0.15) is 17.2 Å². The Bertz CT molecular complexity index is 1430. The molecule has 0 radical (unpaired) electrons. The fourth-order valence-corrected chi connectivity index (χ4v) is 4.29. The van der Waals surface area contributed by atoms with E-state index in [2.05, 4.69) is 4.98 Å². The number of fused-ring (bicyclic) bond motifs is 2. The molecule has 33 heavy (non-hydrogen) atoms. The largest absolute Gasteiger partial charge is 0.494 e. The van der Waals surface area contributed by atoms with Gasteiger partial charge in [0.2, 0.25) is 5.76 Å². The van der Waals surface area contributed by atoms with E-state index in [4.69, 9.17) is 32.4 Å². The molecule has 1 aliphatic rings. The van der Waals surface area contributed by atoms with Crippen molar-refractivity contribution in [3.8, 4) is 5.75 Å². The lowest BCUT2D eigenvalue weighted by Gasteiger charge is -2.24. The van der Waals surface area contributed by atoms with Gasteiger partial charge in [-0.25, -0.2) is 4.98 Å². The predicted molar refractivity (Wildman–Crippen MR) is 128 cm³/mol. The summed E-state index contributed by atoms with van der Waals surface area (Å²) in [6.07, 6.45) is 2.31. The second-order valence-corrected chi connectivity index (χ2v) is 8.52. The third-order valence-electron chi connectivity index (χ3n) is 5.44. The van der Waals surface area contributed by atoms with Gasteiger partial charge >= 0.3 is 0 Å². The molecule has 5 rings (SSSR count). The van der Waals surface area contributed by atoms with Crippen molar-refractivity contribution in [1.29, 1.82) is 0 Å². The zero-order valence-corrected chi connectivity index (χ0v) is 19.1. The number of pyridine rings is 1. The van der Waals surface area contributed by atoms with Crippen LogP contribution >= 0.6 is 23.2 Å². The van der Waals surface area contributed by atoms with Gasteiger partial charge in [-0.2, -0.15) is 0 Å². The molecule has 0 bridgehead atoms. The van der Waals surface area contributed by atoms with Crippen LogP contribution in [0.3, 0.4) is 0 Å². The maximum atomic E-state index is 13.6. The number of aromatic nitrogens is 1. The number of anilines is 1. The number of carbonyl (C=O) groups excluding carboxylic acids is 1. The van der Waals surface area contributed by atoms with Crippen molar-refractivity contribution in [1.82, 2.24) is 4.98 Å². The number of carbonyl (C=O) groups is 1. The summed E-state index contributed by atoms with van der Waals surface area (Å²) < 4.78 is 11.7. The smallest absolute Gasteiger partial charge is 0.296 e. The summed E-state index contributed by atoms with van der Waals surface area (Å²) in [4.78, 5) is 32.9. The number of benzene rings is 2. The van der Waals surface area contributed by atoms with Gasteiger partial charge in [-0.15, -0.1) is 0 Å². The van der Waals surface area contributed by atoms with Gasteiger partial charge in [0.15, 0.2) is 5.43 Å². The van der Waals surface area contributed by atoms with Crippen LogP contribution in [-0.4, -0.2) is 17.5 Å². The highest BCUT2D eigenvalue weighted by molar-refractivity contribution is 6.31. The third kappa shape index (κ3) is 3.75.